The van der Waals surface area contributed by atoms with E-state index < -0.39 is 27.9 Å². The van der Waals surface area contributed by atoms with E-state index in [-0.39, 0.29) is 11.4 Å². The van der Waals surface area contributed by atoms with Crippen LogP contribution in [0.3, 0.4) is 0 Å². The first-order chi connectivity index (χ1) is 10.5. The summed E-state index contributed by atoms with van der Waals surface area (Å²) < 4.78 is 34.4. The summed E-state index contributed by atoms with van der Waals surface area (Å²) >= 11 is 0. The maximum absolute atomic E-state index is 12.1. The second kappa shape index (κ2) is 7.79. The van der Waals surface area contributed by atoms with E-state index >= 15 is 0 Å². The van der Waals surface area contributed by atoms with Gasteiger partial charge in [-0.25, -0.2) is 4.79 Å². The molecule has 0 radical (unpaired) electrons. The molecule has 6 nitrogen and oxygen atoms in total. The summed E-state index contributed by atoms with van der Waals surface area (Å²) in [7, 11) is -3.80. The van der Waals surface area contributed by atoms with Crippen LogP contribution in [-0.4, -0.2) is 32.8 Å². The zero-order valence-electron chi connectivity index (χ0n) is 14.3. The van der Waals surface area contributed by atoms with Gasteiger partial charge in [0.25, 0.3) is 10.1 Å². The summed E-state index contributed by atoms with van der Waals surface area (Å²) in [6.45, 7) is 9.09. The van der Waals surface area contributed by atoms with E-state index in [9.17, 15) is 13.2 Å². The summed E-state index contributed by atoms with van der Waals surface area (Å²) in [5.74, 6) is 0. The van der Waals surface area contributed by atoms with Crippen LogP contribution in [0.5, 0.6) is 0 Å². The molecule has 0 saturated heterocycles. The average Bonchev–Trinajstić information content (AvgIpc) is 2.36. The van der Waals surface area contributed by atoms with Crippen LogP contribution in [0.15, 0.2) is 29.2 Å². The van der Waals surface area contributed by atoms with Crippen molar-refractivity contribution in [2.24, 2.45) is 0 Å². The fourth-order valence-corrected chi connectivity index (χ4v) is 2.83. The normalized spacial score (nSPS) is 13.4. The van der Waals surface area contributed by atoms with Crippen molar-refractivity contribution in [3.8, 4) is 0 Å². The predicted molar refractivity (Wildman–Crippen MR) is 87.8 cm³/mol. The molecule has 0 aromatic heterocycles. The zero-order valence-corrected chi connectivity index (χ0v) is 15.1. The third kappa shape index (κ3) is 7.47. The number of amides is 1. The lowest BCUT2D eigenvalue weighted by molar-refractivity contribution is 0.0522. The SMILES string of the molecule is Cc1ccc(S(=O)(=O)OC(C)CCNC(=O)OC(C)(C)C)cc1. The second-order valence-electron chi connectivity index (χ2n) is 6.39. The number of carbonyl (C=O) groups is 1. The molecule has 1 N–H and O–H groups in total. The molecule has 130 valence electrons. The lowest BCUT2D eigenvalue weighted by atomic mass is 10.2. The molecule has 0 aliphatic heterocycles. The Labute approximate surface area is 138 Å². The molecule has 1 unspecified atom stereocenters. The minimum atomic E-state index is -3.80. The van der Waals surface area contributed by atoms with Gasteiger partial charge in [-0.2, -0.15) is 8.42 Å². The Morgan fingerprint density at radius 3 is 2.30 bits per heavy atom. The van der Waals surface area contributed by atoms with Gasteiger partial charge in [0.15, 0.2) is 0 Å². The highest BCUT2D eigenvalue weighted by atomic mass is 32.2. The van der Waals surface area contributed by atoms with Gasteiger partial charge in [0.2, 0.25) is 0 Å². The van der Waals surface area contributed by atoms with E-state index in [2.05, 4.69) is 5.32 Å². The van der Waals surface area contributed by atoms with Gasteiger partial charge in [0.1, 0.15) is 5.60 Å². The molecule has 0 aliphatic rings. The zero-order chi connectivity index (χ0) is 17.7. The molecule has 7 heteroatoms. The highest BCUT2D eigenvalue weighted by Gasteiger charge is 2.20. The van der Waals surface area contributed by atoms with Gasteiger partial charge in [-0.3, -0.25) is 4.18 Å². The highest BCUT2D eigenvalue weighted by molar-refractivity contribution is 7.86. The van der Waals surface area contributed by atoms with E-state index in [0.717, 1.165) is 5.56 Å². The summed E-state index contributed by atoms with van der Waals surface area (Å²) in [5.41, 5.74) is 0.402. The molecule has 1 aromatic carbocycles. The third-order valence-electron chi connectivity index (χ3n) is 2.82. The second-order valence-corrected chi connectivity index (χ2v) is 7.96. The fourth-order valence-electron chi connectivity index (χ4n) is 1.72. The lowest BCUT2D eigenvalue weighted by Crippen LogP contribution is -2.34. The minimum absolute atomic E-state index is 0.120. The van der Waals surface area contributed by atoms with Crippen molar-refractivity contribution in [2.75, 3.05) is 6.54 Å². The van der Waals surface area contributed by atoms with Crippen molar-refractivity contribution in [1.82, 2.24) is 5.32 Å². The number of rotatable bonds is 6. The van der Waals surface area contributed by atoms with E-state index in [1.807, 2.05) is 6.92 Å². The quantitative estimate of drug-likeness (QED) is 0.803. The summed E-state index contributed by atoms with van der Waals surface area (Å²) in [4.78, 5) is 11.6. The number of hydrogen-bond donors (Lipinski definition) is 1. The Bertz CT molecular complexity index is 617. The number of hydrogen-bond acceptors (Lipinski definition) is 5. The van der Waals surface area contributed by atoms with Crippen LogP contribution < -0.4 is 5.32 Å². The Hall–Kier alpha value is -1.60. The Balaban J connectivity index is 2.45. The molecular formula is C16H25NO5S. The largest absolute Gasteiger partial charge is 0.444 e. The molecule has 0 spiro atoms. The van der Waals surface area contributed by atoms with E-state index in [0.29, 0.717) is 6.42 Å². The Morgan fingerprint density at radius 1 is 1.22 bits per heavy atom. The number of alkyl carbamates (subject to hydrolysis) is 1. The third-order valence-corrected chi connectivity index (χ3v) is 4.25. The topological polar surface area (TPSA) is 81.7 Å². The maximum atomic E-state index is 12.1. The van der Waals surface area contributed by atoms with E-state index in [1.165, 1.54) is 12.1 Å². The average molecular weight is 343 g/mol. The van der Waals surface area contributed by atoms with Crippen LogP contribution in [0.2, 0.25) is 0 Å². The molecule has 1 atom stereocenters. The van der Waals surface area contributed by atoms with Crippen LogP contribution in [0.25, 0.3) is 0 Å². The van der Waals surface area contributed by atoms with E-state index in [1.54, 1.807) is 39.8 Å². The van der Waals surface area contributed by atoms with Crippen molar-refractivity contribution in [2.45, 2.75) is 57.6 Å². The number of ether oxygens (including phenoxy) is 1. The maximum Gasteiger partial charge on any atom is 0.407 e. The highest BCUT2D eigenvalue weighted by Crippen LogP contribution is 2.16. The van der Waals surface area contributed by atoms with Crippen molar-refractivity contribution >= 4 is 16.2 Å². The molecule has 0 fully saturated rings. The van der Waals surface area contributed by atoms with E-state index in [4.69, 9.17) is 8.92 Å². The van der Waals surface area contributed by atoms with Crippen LogP contribution >= 0.6 is 0 Å². The molecule has 0 aliphatic carbocycles. The van der Waals surface area contributed by atoms with Gasteiger partial charge in [-0.1, -0.05) is 17.7 Å². The van der Waals surface area contributed by atoms with Crippen molar-refractivity contribution in [3.05, 3.63) is 29.8 Å². The number of carbonyl (C=O) groups excluding carboxylic acids is 1. The summed E-state index contributed by atoms with van der Waals surface area (Å²) in [6.07, 6.45) is -0.744. The number of nitrogens with one attached hydrogen (secondary N) is 1. The lowest BCUT2D eigenvalue weighted by Gasteiger charge is -2.20. The van der Waals surface area contributed by atoms with Gasteiger partial charge in [0, 0.05) is 6.54 Å². The first-order valence-corrected chi connectivity index (χ1v) is 8.87. The van der Waals surface area contributed by atoms with Crippen molar-refractivity contribution < 1.29 is 22.1 Å². The van der Waals surface area contributed by atoms with Crippen LogP contribution in [-0.2, 0) is 19.0 Å². The van der Waals surface area contributed by atoms with Gasteiger partial charge >= 0.3 is 6.09 Å². The van der Waals surface area contributed by atoms with Gasteiger partial charge in [-0.05, 0) is 53.2 Å². The van der Waals surface area contributed by atoms with Crippen molar-refractivity contribution in [3.63, 3.8) is 0 Å². The Kier molecular flexibility index (Phi) is 6.58. The molecule has 0 saturated carbocycles. The standard InChI is InChI=1S/C16H25NO5S/c1-12-6-8-14(9-7-12)23(19,20)22-13(2)10-11-17-15(18)21-16(3,4)5/h6-9,13H,10-11H2,1-5H3,(H,17,18). The van der Waals surface area contributed by atoms with Gasteiger partial charge in [-0.15, -0.1) is 0 Å². The number of benzene rings is 1. The summed E-state index contributed by atoms with van der Waals surface area (Å²) in [6, 6.07) is 6.45. The fraction of sp³-hybridized carbons (Fsp3) is 0.562. The molecule has 0 bridgehead atoms. The molecule has 23 heavy (non-hydrogen) atoms. The summed E-state index contributed by atoms with van der Waals surface area (Å²) in [5, 5.41) is 2.57. The first-order valence-electron chi connectivity index (χ1n) is 7.46. The molecule has 0 heterocycles. The molecule has 1 rings (SSSR count). The minimum Gasteiger partial charge on any atom is -0.444 e. The Morgan fingerprint density at radius 2 is 1.78 bits per heavy atom. The predicted octanol–water partition coefficient (Wildman–Crippen LogP) is 3.00. The number of aryl methyl sites for hydroxylation is 1. The van der Waals surface area contributed by atoms with Gasteiger partial charge < -0.3 is 10.1 Å². The van der Waals surface area contributed by atoms with Gasteiger partial charge in [0.05, 0.1) is 11.0 Å². The van der Waals surface area contributed by atoms with Crippen LogP contribution in [0, 0.1) is 6.92 Å². The molecule has 1 aromatic rings. The monoisotopic (exact) mass is 343 g/mol. The van der Waals surface area contributed by atoms with Crippen LogP contribution in [0.4, 0.5) is 4.79 Å². The first kappa shape index (κ1) is 19.4. The smallest absolute Gasteiger partial charge is 0.407 e. The molecular weight excluding hydrogens is 318 g/mol. The van der Waals surface area contributed by atoms with Crippen molar-refractivity contribution in [1.29, 1.82) is 0 Å². The van der Waals surface area contributed by atoms with Crippen LogP contribution in [0.1, 0.15) is 39.7 Å². The molecule has 1 amide bonds.